The minimum atomic E-state index is -0.712. The molecule has 1 aromatic rings. The molecule has 0 spiro atoms. The molecule has 0 unspecified atom stereocenters. The summed E-state index contributed by atoms with van der Waals surface area (Å²) in [6.45, 7) is 0. The van der Waals surface area contributed by atoms with Crippen LogP contribution >= 0.6 is 0 Å². The van der Waals surface area contributed by atoms with Gasteiger partial charge in [-0.3, -0.25) is 4.79 Å². The van der Waals surface area contributed by atoms with Crippen LogP contribution in [0.2, 0.25) is 0 Å². The van der Waals surface area contributed by atoms with E-state index in [-0.39, 0.29) is 17.5 Å². The normalized spacial score (nSPS) is 9.30. The third kappa shape index (κ3) is 3.60. The zero-order valence-electron chi connectivity index (χ0n) is 11.0. The monoisotopic (exact) mass is 276 g/mol. The Morgan fingerprint density at radius 1 is 1.15 bits per heavy atom. The van der Waals surface area contributed by atoms with Crippen LogP contribution in [-0.2, 0) is 20.7 Å². The Bertz CT molecular complexity index is 603. The Hall–Kier alpha value is -2.79. The van der Waals surface area contributed by atoms with E-state index < -0.39 is 17.7 Å². The third-order valence-electron chi connectivity index (χ3n) is 2.47. The van der Waals surface area contributed by atoms with Gasteiger partial charge in [-0.15, -0.1) is 0 Å². The lowest BCUT2D eigenvalue weighted by Crippen LogP contribution is -2.13. The number of rotatable bonds is 5. The number of ether oxygens (including phenoxy) is 2. The van der Waals surface area contributed by atoms with Crippen LogP contribution in [0.25, 0.3) is 5.53 Å². The van der Waals surface area contributed by atoms with E-state index in [9.17, 15) is 14.4 Å². The van der Waals surface area contributed by atoms with Gasteiger partial charge in [0.1, 0.15) is 0 Å². The molecule has 20 heavy (non-hydrogen) atoms. The molecule has 0 amide bonds. The summed E-state index contributed by atoms with van der Waals surface area (Å²) < 4.78 is 9.14. The SMILES string of the molecule is COC(=O)c1ccc(CC(=O)C=[N+]=[N-])cc1C(=O)OC. The lowest BCUT2D eigenvalue weighted by molar-refractivity contribution is -0.115. The van der Waals surface area contributed by atoms with Crippen molar-refractivity contribution in [3.8, 4) is 0 Å². The van der Waals surface area contributed by atoms with Crippen LogP contribution in [0.5, 0.6) is 0 Å². The highest BCUT2D eigenvalue weighted by atomic mass is 16.5. The van der Waals surface area contributed by atoms with E-state index in [2.05, 4.69) is 14.3 Å². The minimum Gasteiger partial charge on any atom is -0.465 e. The largest absolute Gasteiger partial charge is 0.465 e. The molecule has 0 bridgehead atoms. The maximum atomic E-state index is 11.6. The molecule has 0 heterocycles. The van der Waals surface area contributed by atoms with Crippen LogP contribution < -0.4 is 0 Å². The number of nitrogens with zero attached hydrogens (tertiary/aromatic N) is 2. The van der Waals surface area contributed by atoms with Crippen LogP contribution in [0.1, 0.15) is 26.3 Å². The molecule has 0 aromatic heterocycles. The first-order valence-corrected chi connectivity index (χ1v) is 5.53. The van der Waals surface area contributed by atoms with E-state index >= 15 is 0 Å². The van der Waals surface area contributed by atoms with Crippen LogP contribution in [-0.4, -0.2) is 42.9 Å². The molecule has 0 radical (unpaired) electrons. The van der Waals surface area contributed by atoms with Gasteiger partial charge in [0.15, 0.2) is 0 Å². The zero-order valence-corrected chi connectivity index (χ0v) is 11.0. The predicted octanol–water partition coefficient (Wildman–Crippen LogP) is 0.672. The zero-order chi connectivity index (χ0) is 15.1. The van der Waals surface area contributed by atoms with Gasteiger partial charge in [-0.1, -0.05) is 6.07 Å². The molecule has 0 saturated heterocycles. The summed E-state index contributed by atoms with van der Waals surface area (Å²) in [5.74, 6) is -1.84. The number of ketones is 1. The standard InChI is InChI=1S/C13H12N2O5/c1-19-12(17)10-4-3-8(5-9(16)7-15-14)6-11(10)13(18)20-2/h3-4,6-7H,5H2,1-2H3. The summed E-state index contributed by atoms with van der Waals surface area (Å²) >= 11 is 0. The Morgan fingerprint density at radius 2 is 1.75 bits per heavy atom. The van der Waals surface area contributed by atoms with E-state index in [0.29, 0.717) is 5.56 Å². The minimum absolute atomic E-state index is 0.00517. The van der Waals surface area contributed by atoms with Crippen molar-refractivity contribution in [3.63, 3.8) is 0 Å². The van der Waals surface area contributed by atoms with Crippen molar-refractivity contribution in [1.82, 2.24) is 0 Å². The number of carbonyl (C=O) groups excluding carboxylic acids is 3. The maximum Gasteiger partial charge on any atom is 0.338 e. The molecule has 0 fully saturated rings. The second-order valence-corrected chi connectivity index (χ2v) is 3.75. The summed E-state index contributed by atoms with van der Waals surface area (Å²) in [5, 5.41) is 0. The van der Waals surface area contributed by atoms with Crippen molar-refractivity contribution in [3.05, 3.63) is 40.4 Å². The van der Waals surface area contributed by atoms with Crippen LogP contribution in [0, 0.1) is 0 Å². The second-order valence-electron chi connectivity index (χ2n) is 3.75. The number of methoxy groups -OCH3 is 2. The highest BCUT2D eigenvalue weighted by molar-refractivity contribution is 6.25. The van der Waals surface area contributed by atoms with Crippen LogP contribution in [0.3, 0.4) is 0 Å². The van der Waals surface area contributed by atoms with Crippen LogP contribution in [0.4, 0.5) is 0 Å². The number of carbonyl (C=O) groups is 3. The van der Waals surface area contributed by atoms with Crippen LogP contribution in [0.15, 0.2) is 18.2 Å². The molecular weight excluding hydrogens is 264 g/mol. The summed E-state index contributed by atoms with van der Waals surface area (Å²) in [6.07, 6.45) is 0.682. The van der Waals surface area contributed by atoms with Crippen molar-refractivity contribution in [2.75, 3.05) is 14.2 Å². The molecule has 104 valence electrons. The van der Waals surface area contributed by atoms with Crippen molar-refractivity contribution in [1.29, 1.82) is 0 Å². The molecule has 0 aliphatic carbocycles. The number of esters is 2. The fourth-order valence-electron chi connectivity index (χ4n) is 1.58. The molecule has 0 atom stereocenters. The first-order valence-electron chi connectivity index (χ1n) is 5.53. The summed E-state index contributed by atoms with van der Waals surface area (Å²) in [7, 11) is 2.37. The van der Waals surface area contributed by atoms with Gasteiger partial charge >= 0.3 is 18.2 Å². The molecule has 0 aliphatic heterocycles. The molecule has 0 aliphatic rings. The Morgan fingerprint density at radius 3 is 2.30 bits per heavy atom. The van der Waals surface area contributed by atoms with Gasteiger partial charge in [0.2, 0.25) is 5.78 Å². The van der Waals surface area contributed by atoms with Gasteiger partial charge in [0.05, 0.1) is 25.3 Å². The van der Waals surface area contributed by atoms with Crippen molar-refractivity contribution < 1.29 is 28.6 Å². The molecule has 7 nitrogen and oxygen atoms in total. The lowest BCUT2D eigenvalue weighted by Gasteiger charge is -2.07. The molecule has 1 aromatic carbocycles. The van der Waals surface area contributed by atoms with E-state index in [1.165, 1.54) is 32.4 Å². The van der Waals surface area contributed by atoms with Crippen molar-refractivity contribution in [2.24, 2.45) is 0 Å². The highest BCUT2D eigenvalue weighted by Gasteiger charge is 2.19. The number of benzene rings is 1. The van der Waals surface area contributed by atoms with E-state index in [4.69, 9.17) is 5.53 Å². The summed E-state index contributed by atoms with van der Waals surface area (Å²) in [5.41, 5.74) is 8.79. The van der Waals surface area contributed by atoms with E-state index in [1.54, 1.807) is 0 Å². The van der Waals surface area contributed by atoms with Gasteiger partial charge in [0, 0.05) is 6.42 Å². The molecule has 0 N–H and O–H groups in total. The first kappa shape index (κ1) is 15.3. The number of hydrogen-bond donors (Lipinski definition) is 0. The van der Waals surface area contributed by atoms with Crippen molar-refractivity contribution >= 4 is 23.9 Å². The van der Waals surface area contributed by atoms with Gasteiger partial charge < -0.3 is 15.0 Å². The van der Waals surface area contributed by atoms with Gasteiger partial charge in [0.25, 0.3) is 0 Å². The number of Topliss-reactive ketones (excluding diaryl/α,β-unsaturated/α-hetero) is 1. The van der Waals surface area contributed by atoms with E-state index in [1.807, 2.05) is 0 Å². The van der Waals surface area contributed by atoms with Gasteiger partial charge in [-0.25, -0.2) is 9.59 Å². The Kier molecular flexibility index (Phi) is 5.31. The number of hydrogen-bond acceptors (Lipinski definition) is 5. The van der Waals surface area contributed by atoms with Crippen molar-refractivity contribution in [2.45, 2.75) is 6.42 Å². The average Bonchev–Trinajstić information content (AvgIpc) is 2.45. The molecule has 1 rings (SSSR count). The second kappa shape index (κ2) is 6.96. The smallest absolute Gasteiger partial charge is 0.338 e. The molecule has 7 heteroatoms. The predicted molar refractivity (Wildman–Crippen MR) is 67.5 cm³/mol. The molecule has 0 saturated carbocycles. The van der Waals surface area contributed by atoms with E-state index in [0.717, 1.165) is 6.21 Å². The first-order chi connectivity index (χ1) is 9.53. The fourth-order valence-corrected chi connectivity index (χ4v) is 1.58. The molecular formula is C13H12N2O5. The van der Waals surface area contributed by atoms with Gasteiger partial charge in [-0.2, -0.15) is 4.79 Å². The quantitative estimate of drug-likeness (QED) is 0.340. The summed E-state index contributed by atoms with van der Waals surface area (Å²) in [4.78, 5) is 37.1. The third-order valence-corrected chi connectivity index (χ3v) is 2.47. The summed E-state index contributed by atoms with van der Waals surface area (Å²) in [6, 6.07) is 4.24. The topological polar surface area (TPSA) is 106 Å². The Balaban J connectivity index is 3.20. The van der Waals surface area contributed by atoms with Gasteiger partial charge in [-0.05, 0) is 17.7 Å². The highest BCUT2D eigenvalue weighted by Crippen LogP contribution is 2.15. The Labute approximate surface area is 114 Å². The lowest BCUT2D eigenvalue weighted by atomic mass is 10.0. The maximum absolute atomic E-state index is 11.6. The fraction of sp³-hybridized carbons (Fsp3) is 0.231. The average molecular weight is 276 g/mol.